The number of aromatic nitrogens is 1. The number of aliphatic hydroxyl groups excluding tert-OH is 1. The summed E-state index contributed by atoms with van der Waals surface area (Å²) in [4.78, 5) is 4.52. The van der Waals surface area contributed by atoms with Crippen LogP contribution in [0.4, 0.5) is 0 Å². The van der Waals surface area contributed by atoms with Gasteiger partial charge < -0.3 is 19.3 Å². The molecule has 1 aromatic heterocycles. The Morgan fingerprint density at radius 2 is 1.86 bits per heavy atom. The van der Waals surface area contributed by atoms with E-state index in [1.54, 1.807) is 17.4 Å². The van der Waals surface area contributed by atoms with Crippen LogP contribution in [-0.4, -0.2) is 48.8 Å². The SMILES string of the molecule is Cc1nc(COc2ccc(CC[C@@H](O)CN(CC(C)C)S(=O)(=O)c3ccc4c(c3)OCO4)cc2)cs1. The Balaban J connectivity index is 1.34. The number of aliphatic hydroxyl groups is 1. The lowest BCUT2D eigenvalue weighted by Gasteiger charge is -2.26. The molecule has 2 heterocycles. The summed E-state index contributed by atoms with van der Waals surface area (Å²) in [6.07, 6.45) is 0.243. The number of hydrogen-bond acceptors (Lipinski definition) is 8. The Labute approximate surface area is 216 Å². The highest BCUT2D eigenvalue weighted by Crippen LogP contribution is 2.34. The summed E-state index contributed by atoms with van der Waals surface area (Å²) in [7, 11) is -3.81. The van der Waals surface area contributed by atoms with Gasteiger partial charge in [-0.3, -0.25) is 0 Å². The largest absolute Gasteiger partial charge is 0.487 e. The van der Waals surface area contributed by atoms with E-state index in [0.717, 1.165) is 22.0 Å². The molecule has 0 radical (unpaired) electrons. The molecule has 0 fully saturated rings. The van der Waals surface area contributed by atoms with E-state index in [0.29, 0.717) is 37.5 Å². The number of benzene rings is 2. The predicted molar refractivity (Wildman–Crippen MR) is 138 cm³/mol. The van der Waals surface area contributed by atoms with Crippen molar-refractivity contribution in [2.24, 2.45) is 5.92 Å². The summed E-state index contributed by atoms with van der Waals surface area (Å²) in [5.41, 5.74) is 1.95. The summed E-state index contributed by atoms with van der Waals surface area (Å²) in [5.74, 6) is 1.79. The van der Waals surface area contributed by atoms with E-state index in [1.165, 1.54) is 16.4 Å². The molecule has 1 atom stereocenters. The molecule has 10 heteroatoms. The average Bonchev–Trinajstić information content (AvgIpc) is 3.49. The molecule has 0 unspecified atom stereocenters. The van der Waals surface area contributed by atoms with Crippen LogP contribution in [0.3, 0.4) is 0 Å². The van der Waals surface area contributed by atoms with Crippen LogP contribution in [-0.2, 0) is 23.1 Å². The zero-order valence-electron chi connectivity index (χ0n) is 20.7. The van der Waals surface area contributed by atoms with Crippen LogP contribution in [0.2, 0.25) is 0 Å². The summed E-state index contributed by atoms with van der Waals surface area (Å²) < 4.78 is 44.5. The topological polar surface area (TPSA) is 98.2 Å². The maximum Gasteiger partial charge on any atom is 0.243 e. The highest BCUT2D eigenvalue weighted by atomic mass is 32.2. The molecule has 0 saturated heterocycles. The summed E-state index contributed by atoms with van der Waals surface area (Å²) >= 11 is 1.60. The lowest BCUT2D eigenvalue weighted by atomic mass is 10.1. The van der Waals surface area contributed by atoms with E-state index < -0.39 is 16.1 Å². The summed E-state index contributed by atoms with van der Waals surface area (Å²) in [5, 5.41) is 13.7. The molecular weight excluding hydrogens is 500 g/mol. The van der Waals surface area contributed by atoms with Crippen LogP contribution in [0.25, 0.3) is 0 Å². The molecule has 1 aliphatic heterocycles. The van der Waals surface area contributed by atoms with Crippen molar-refractivity contribution in [1.29, 1.82) is 0 Å². The third-order valence-electron chi connectivity index (χ3n) is 5.71. The minimum atomic E-state index is -3.81. The zero-order chi connectivity index (χ0) is 25.7. The van der Waals surface area contributed by atoms with E-state index >= 15 is 0 Å². The molecule has 2 aromatic carbocycles. The molecule has 1 aliphatic rings. The van der Waals surface area contributed by atoms with Gasteiger partial charge in [0.1, 0.15) is 12.4 Å². The van der Waals surface area contributed by atoms with Gasteiger partial charge in [0.05, 0.1) is 21.7 Å². The summed E-state index contributed by atoms with van der Waals surface area (Å²) in [6.45, 7) is 6.69. The van der Waals surface area contributed by atoms with Gasteiger partial charge in [0.2, 0.25) is 16.8 Å². The van der Waals surface area contributed by atoms with Crippen LogP contribution in [0.5, 0.6) is 17.2 Å². The van der Waals surface area contributed by atoms with Crippen LogP contribution in [0, 0.1) is 12.8 Å². The van der Waals surface area contributed by atoms with Gasteiger partial charge in [0.15, 0.2) is 11.5 Å². The minimum absolute atomic E-state index is 0.0171. The molecular formula is C26H32N2O6S2. The molecule has 4 rings (SSSR count). The highest BCUT2D eigenvalue weighted by Gasteiger charge is 2.29. The Morgan fingerprint density at radius 3 is 2.56 bits per heavy atom. The van der Waals surface area contributed by atoms with E-state index in [1.807, 2.05) is 50.4 Å². The van der Waals surface area contributed by atoms with Crippen LogP contribution in [0.15, 0.2) is 52.7 Å². The van der Waals surface area contributed by atoms with E-state index in [9.17, 15) is 13.5 Å². The van der Waals surface area contributed by atoms with Gasteiger partial charge >= 0.3 is 0 Å². The fourth-order valence-corrected chi connectivity index (χ4v) is 6.16. The molecule has 0 saturated carbocycles. The van der Waals surface area contributed by atoms with Gasteiger partial charge in [-0.2, -0.15) is 4.31 Å². The Hall–Kier alpha value is -2.66. The van der Waals surface area contributed by atoms with Gasteiger partial charge in [-0.15, -0.1) is 11.3 Å². The maximum absolute atomic E-state index is 13.4. The second-order valence-corrected chi connectivity index (χ2v) is 12.2. The van der Waals surface area contributed by atoms with Crippen molar-refractivity contribution in [1.82, 2.24) is 9.29 Å². The molecule has 0 bridgehead atoms. The standard InChI is InChI=1S/C26H32N2O6S2/c1-18(2)13-28(36(30,31)24-10-11-25-26(12-24)34-17-33-25)14-22(29)7-4-20-5-8-23(9-6-20)32-15-21-16-35-19(3)27-21/h5-6,8-12,16,18,22,29H,4,7,13-15,17H2,1-3H3/t22-/m1/s1. The number of ether oxygens (including phenoxy) is 3. The Morgan fingerprint density at radius 1 is 1.11 bits per heavy atom. The van der Waals surface area contributed by atoms with E-state index in [4.69, 9.17) is 14.2 Å². The molecule has 194 valence electrons. The fraction of sp³-hybridized carbons (Fsp3) is 0.423. The van der Waals surface area contributed by atoms with Crippen molar-refractivity contribution in [3.63, 3.8) is 0 Å². The van der Waals surface area contributed by atoms with Crippen molar-refractivity contribution in [3.05, 3.63) is 64.1 Å². The minimum Gasteiger partial charge on any atom is -0.487 e. The molecule has 8 nitrogen and oxygen atoms in total. The first-order valence-electron chi connectivity index (χ1n) is 11.9. The van der Waals surface area contributed by atoms with Crippen molar-refractivity contribution in [2.45, 2.75) is 51.2 Å². The number of nitrogens with zero attached hydrogens (tertiary/aromatic N) is 2. The van der Waals surface area contributed by atoms with E-state index in [-0.39, 0.29) is 24.2 Å². The molecule has 1 N–H and O–H groups in total. The van der Waals surface area contributed by atoms with Gasteiger partial charge in [-0.25, -0.2) is 13.4 Å². The highest BCUT2D eigenvalue weighted by molar-refractivity contribution is 7.89. The van der Waals surface area contributed by atoms with Gasteiger partial charge in [0.25, 0.3) is 0 Å². The monoisotopic (exact) mass is 532 g/mol. The van der Waals surface area contributed by atoms with Crippen molar-refractivity contribution >= 4 is 21.4 Å². The average molecular weight is 533 g/mol. The Kier molecular flexibility index (Phi) is 8.50. The van der Waals surface area contributed by atoms with Gasteiger partial charge in [-0.05, 0) is 55.5 Å². The van der Waals surface area contributed by atoms with Crippen molar-refractivity contribution < 1.29 is 27.7 Å². The van der Waals surface area contributed by atoms with Crippen LogP contribution < -0.4 is 14.2 Å². The third kappa shape index (κ3) is 6.76. The van der Waals surface area contributed by atoms with Crippen molar-refractivity contribution in [3.8, 4) is 17.2 Å². The molecule has 0 aliphatic carbocycles. The lowest BCUT2D eigenvalue weighted by molar-refractivity contribution is 0.133. The predicted octanol–water partition coefficient (Wildman–Crippen LogP) is 4.40. The maximum atomic E-state index is 13.4. The summed E-state index contributed by atoms with van der Waals surface area (Å²) in [6, 6.07) is 12.3. The first kappa shape index (κ1) is 26.4. The number of sulfonamides is 1. The normalized spacial score (nSPS) is 13.9. The van der Waals surface area contributed by atoms with Crippen molar-refractivity contribution in [2.75, 3.05) is 19.9 Å². The zero-order valence-corrected chi connectivity index (χ0v) is 22.3. The quantitative estimate of drug-likeness (QED) is 0.369. The number of aryl methyl sites for hydroxylation is 2. The molecule has 36 heavy (non-hydrogen) atoms. The van der Waals surface area contributed by atoms with Crippen LogP contribution >= 0.6 is 11.3 Å². The third-order valence-corrected chi connectivity index (χ3v) is 8.36. The number of thiazole rings is 1. The van der Waals surface area contributed by atoms with Gasteiger partial charge in [-0.1, -0.05) is 26.0 Å². The first-order valence-corrected chi connectivity index (χ1v) is 14.2. The number of rotatable bonds is 12. The molecule has 3 aromatic rings. The number of fused-ring (bicyclic) bond motifs is 1. The molecule has 0 spiro atoms. The first-order chi connectivity index (χ1) is 17.2. The molecule has 0 amide bonds. The van der Waals surface area contributed by atoms with Gasteiger partial charge in [0, 0.05) is 24.5 Å². The second kappa shape index (κ2) is 11.6. The smallest absolute Gasteiger partial charge is 0.243 e. The Bertz CT molecular complexity index is 1260. The second-order valence-electron chi connectivity index (χ2n) is 9.21. The fourth-order valence-electron chi connectivity index (χ4n) is 3.91. The lowest BCUT2D eigenvalue weighted by Crippen LogP contribution is -2.40. The van der Waals surface area contributed by atoms with E-state index in [2.05, 4.69) is 4.98 Å². The van der Waals surface area contributed by atoms with Crippen LogP contribution in [0.1, 0.15) is 36.5 Å². The number of hydrogen-bond donors (Lipinski definition) is 1.